The molecule has 1 heterocycles. The minimum atomic E-state index is -0.127. The van der Waals surface area contributed by atoms with Crippen molar-refractivity contribution in [2.24, 2.45) is 0 Å². The van der Waals surface area contributed by atoms with Gasteiger partial charge in [0.05, 0.1) is 5.75 Å². The SMILES string of the molecule is Cc1nonc1NC(=O)CSc1ccccc1. The molecule has 2 aromatic rings. The molecule has 0 unspecified atom stereocenters. The minimum absolute atomic E-state index is 0.127. The van der Waals surface area contributed by atoms with Crippen LogP contribution in [0.1, 0.15) is 5.69 Å². The molecule has 5 nitrogen and oxygen atoms in total. The summed E-state index contributed by atoms with van der Waals surface area (Å²) in [5.74, 6) is 0.581. The first-order valence-corrected chi connectivity index (χ1v) is 6.01. The van der Waals surface area contributed by atoms with E-state index in [0.29, 0.717) is 17.3 Å². The summed E-state index contributed by atoms with van der Waals surface area (Å²) in [4.78, 5) is 12.6. The summed E-state index contributed by atoms with van der Waals surface area (Å²) in [5.41, 5.74) is 0.572. The van der Waals surface area contributed by atoms with Crippen molar-refractivity contribution in [3.8, 4) is 0 Å². The number of rotatable bonds is 4. The summed E-state index contributed by atoms with van der Waals surface area (Å²) in [7, 11) is 0. The van der Waals surface area contributed by atoms with Gasteiger partial charge in [0.15, 0.2) is 5.82 Å². The van der Waals surface area contributed by atoms with E-state index in [1.807, 2.05) is 30.3 Å². The lowest BCUT2D eigenvalue weighted by molar-refractivity contribution is -0.113. The quantitative estimate of drug-likeness (QED) is 0.840. The highest BCUT2D eigenvalue weighted by atomic mass is 32.2. The Bertz CT molecular complexity index is 498. The molecule has 0 aliphatic rings. The standard InChI is InChI=1S/C11H11N3O2S/c1-8-11(14-16-13-8)12-10(15)7-17-9-5-3-2-4-6-9/h2-6H,7H2,1H3,(H,12,14,15). The molecule has 17 heavy (non-hydrogen) atoms. The van der Waals surface area contributed by atoms with Gasteiger partial charge in [-0.3, -0.25) is 4.79 Å². The summed E-state index contributed by atoms with van der Waals surface area (Å²) < 4.78 is 4.49. The fraction of sp³-hybridized carbons (Fsp3) is 0.182. The molecular weight excluding hydrogens is 238 g/mol. The Hall–Kier alpha value is -1.82. The van der Waals surface area contributed by atoms with Crippen LogP contribution in [0.5, 0.6) is 0 Å². The monoisotopic (exact) mass is 249 g/mol. The average Bonchev–Trinajstić information content (AvgIpc) is 2.74. The normalized spacial score (nSPS) is 10.2. The summed E-state index contributed by atoms with van der Waals surface area (Å²) >= 11 is 1.47. The predicted octanol–water partition coefficient (Wildman–Crippen LogP) is 2.11. The number of aryl methyl sites for hydroxylation is 1. The number of carbonyl (C=O) groups excluding carboxylic acids is 1. The number of carbonyl (C=O) groups is 1. The first-order chi connectivity index (χ1) is 8.25. The van der Waals surface area contributed by atoms with Gasteiger partial charge < -0.3 is 5.32 Å². The highest BCUT2D eigenvalue weighted by Gasteiger charge is 2.09. The maximum absolute atomic E-state index is 11.6. The second-order valence-electron chi connectivity index (χ2n) is 3.35. The van der Waals surface area contributed by atoms with Crippen LogP contribution in [0.15, 0.2) is 39.9 Å². The van der Waals surface area contributed by atoms with Crippen molar-refractivity contribution in [1.82, 2.24) is 10.3 Å². The summed E-state index contributed by atoms with van der Waals surface area (Å²) in [5, 5.41) is 9.80. The van der Waals surface area contributed by atoms with Gasteiger partial charge >= 0.3 is 0 Å². The van der Waals surface area contributed by atoms with Gasteiger partial charge in [0.25, 0.3) is 0 Å². The third-order valence-corrected chi connectivity index (χ3v) is 3.04. The van der Waals surface area contributed by atoms with Crippen molar-refractivity contribution in [3.63, 3.8) is 0 Å². The molecule has 0 spiro atoms. The zero-order chi connectivity index (χ0) is 12.1. The number of nitrogens with zero attached hydrogens (tertiary/aromatic N) is 2. The van der Waals surface area contributed by atoms with E-state index in [9.17, 15) is 4.79 Å². The number of amides is 1. The fourth-order valence-electron chi connectivity index (χ4n) is 1.18. The van der Waals surface area contributed by atoms with Gasteiger partial charge in [-0.1, -0.05) is 23.4 Å². The van der Waals surface area contributed by atoms with Gasteiger partial charge in [-0.15, -0.1) is 11.8 Å². The fourth-order valence-corrected chi connectivity index (χ4v) is 1.90. The van der Waals surface area contributed by atoms with Crippen molar-refractivity contribution >= 4 is 23.5 Å². The molecule has 0 aliphatic heterocycles. The Kier molecular flexibility index (Phi) is 3.77. The molecule has 1 aromatic heterocycles. The predicted molar refractivity (Wildman–Crippen MR) is 64.8 cm³/mol. The van der Waals surface area contributed by atoms with E-state index in [0.717, 1.165) is 4.90 Å². The molecule has 1 aromatic carbocycles. The summed E-state index contributed by atoms with van der Waals surface area (Å²) in [6.45, 7) is 1.72. The largest absolute Gasteiger partial charge is 0.306 e. The molecule has 0 saturated heterocycles. The van der Waals surface area contributed by atoms with Gasteiger partial charge in [0, 0.05) is 4.90 Å². The molecule has 0 radical (unpaired) electrons. The van der Waals surface area contributed by atoms with E-state index < -0.39 is 0 Å². The van der Waals surface area contributed by atoms with E-state index in [1.54, 1.807) is 6.92 Å². The molecule has 0 saturated carbocycles. The molecule has 2 rings (SSSR count). The van der Waals surface area contributed by atoms with Gasteiger partial charge in [-0.05, 0) is 24.2 Å². The Morgan fingerprint density at radius 1 is 1.35 bits per heavy atom. The second kappa shape index (κ2) is 5.49. The number of hydrogen-bond donors (Lipinski definition) is 1. The molecular formula is C11H11N3O2S. The summed E-state index contributed by atoms with van der Waals surface area (Å²) in [6.07, 6.45) is 0. The van der Waals surface area contributed by atoms with Gasteiger partial charge in [-0.25, -0.2) is 4.63 Å². The van der Waals surface area contributed by atoms with E-state index in [1.165, 1.54) is 11.8 Å². The number of aromatic nitrogens is 2. The zero-order valence-corrected chi connectivity index (χ0v) is 10.0. The van der Waals surface area contributed by atoms with Crippen LogP contribution in [0, 0.1) is 6.92 Å². The Balaban J connectivity index is 1.85. The molecule has 88 valence electrons. The lowest BCUT2D eigenvalue weighted by Gasteiger charge is -2.01. The lowest BCUT2D eigenvalue weighted by atomic mass is 10.4. The van der Waals surface area contributed by atoms with E-state index in [-0.39, 0.29) is 5.91 Å². The van der Waals surface area contributed by atoms with Crippen molar-refractivity contribution in [2.75, 3.05) is 11.1 Å². The third-order valence-electron chi connectivity index (χ3n) is 2.02. The number of nitrogens with one attached hydrogen (secondary N) is 1. The average molecular weight is 249 g/mol. The lowest BCUT2D eigenvalue weighted by Crippen LogP contribution is -2.14. The maximum atomic E-state index is 11.6. The van der Waals surface area contributed by atoms with Crippen LogP contribution in [-0.2, 0) is 4.79 Å². The minimum Gasteiger partial charge on any atom is -0.306 e. The highest BCUT2D eigenvalue weighted by Crippen LogP contribution is 2.17. The Labute approximate surface area is 103 Å². The van der Waals surface area contributed by atoms with Crippen LogP contribution in [0.3, 0.4) is 0 Å². The summed E-state index contributed by atoms with van der Waals surface area (Å²) in [6, 6.07) is 9.73. The molecule has 1 N–H and O–H groups in total. The number of anilines is 1. The zero-order valence-electron chi connectivity index (χ0n) is 9.21. The van der Waals surface area contributed by atoms with Crippen LogP contribution in [0.4, 0.5) is 5.82 Å². The molecule has 0 fully saturated rings. The number of hydrogen-bond acceptors (Lipinski definition) is 5. The highest BCUT2D eigenvalue weighted by molar-refractivity contribution is 8.00. The first kappa shape index (κ1) is 11.7. The van der Waals surface area contributed by atoms with Crippen molar-refractivity contribution in [1.29, 1.82) is 0 Å². The molecule has 0 bridgehead atoms. The first-order valence-electron chi connectivity index (χ1n) is 5.02. The third kappa shape index (κ3) is 3.32. The van der Waals surface area contributed by atoms with Crippen LogP contribution in [0.2, 0.25) is 0 Å². The van der Waals surface area contributed by atoms with E-state index in [4.69, 9.17) is 0 Å². The molecule has 0 aliphatic carbocycles. The topological polar surface area (TPSA) is 68.0 Å². The van der Waals surface area contributed by atoms with Crippen LogP contribution < -0.4 is 5.32 Å². The number of benzene rings is 1. The Morgan fingerprint density at radius 3 is 2.76 bits per heavy atom. The molecule has 1 amide bonds. The van der Waals surface area contributed by atoms with Crippen LogP contribution in [-0.4, -0.2) is 22.0 Å². The maximum Gasteiger partial charge on any atom is 0.236 e. The van der Waals surface area contributed by atoms with Crippen molar-refractivity contribution < 1.29 is 9.42 Å². The number of thioether (sulfide) groups is 1. The van der Waals surface area contributed by atoms with E-state index >= 15 is 0 Å². The second-order valence-corrected chi connectivity index (χ2v) is 4.40. The van der Waals surface area contributed by atoms with Crippen molar-refractivity contribution in [2.45, 2.75) is 11.8 Å². The van der Waals surface area contributed by atoms with Gasteiger partial charge in [-0.2, -0.15) is 0 Å². The smallest absolute Gasteiger partial charge is 0.236 e. The molecule has 0 atom stereocenters. The Morgan fingerprint density at radius 2 is 2.12 bits per heavy atom. The van der Waals surface area contributed by atoms with Gasteiger partial charge in [0.1, 0.15) is 5.69 Å². The van der Waals surface area contributed by atoms with Crippen LogP contribution in [0.25, 0.3) is 0 Å². The van der Waals surface area contributed by atoms with Crippen molar-refractivity contribution in [3.05, 3.63) is 36.0 Å². The van der Waals surface area contributed by atoms with Crippen LogP contribution >= 0.6 is 11.8 Å². The van der Waals surface area contributed by atoms with Gasteiger partial charge in [0.2, 0.25) is 5.91 Å². The molecule has 6 heteroatoms. The van der Waals surface area contributed by atoms with E-state index in [2.05, 4.69) is 20.3 Å².